The van der Waals surface area contributed by atoms with E-state index in [2.05, 4.69) is 27.7 Å². The number of rotatable bonds is 8. The highest BCUT2D eigenvalue weighted by atomic mass is 16.5. The first-order valence-corrected chi connectivity index (χ1v) is 9.65. The molecule has 5 heteroatoms. The largest absolute Gasteiger partial charge is 0.497 e. The number of carbonyl (C=O) groups is 1. The van der Waals surface area contributed by atoms with E-state index in [0.717, 1.165) is 31.1 Å². The Morgan fingerprint density at radius 2 is 1.89 bits per heavy atom. The van der Waals surface area contributed by atoms with Crippen LogP contribution in [0.3, 0.4) is 0 Å². The first-order valence-electron chi connectivity index (χ1n) is 9.65. The summed E-state index contributed by atoms with van der Waals surface area (Å²) in [6.07, 6.45) is 2.92. The Bertz CT molecular complexity index is 739. The van der Waals surface area contributed by atoms with Crippen LogP contribution < -0.4 is 20.3 Å². The van der Waals surface area contributed by atoms with E-state index in [4.69, 9.17) is 4.74 Å². The standard InChI is InChI=1S/C22H29N3O2/c1-17(23-16-18-8-10-21(27-2)11-9-18)14-22(26)24-19-6-5-7-20(15-19)25-12-3-4-13-25/h5-11,15,17,23H,3-4,12-14,16H2,1-2H3,(H,24,26). The molecule has 1 saturated heterocycles. The Labute approximate surface area is 161 Å². The average Bonchev–Trinajstić information content (AvgIpc) is 3.22. The molecule has 0 radical (unpaired) electrons. The lowest BCUT2D eigenvalue weighted by molar-refractivity contribution is -0.116. The number of hydrogen-bond acceptors (Lipinski definition) is 4. The lowest BCUT2D eigenvalue weighted by Gasteiger charge is -2.19. The second kappa shape index (κ2) is 9.42. The van der Waals surface area contributed by atoms with Crippen molar-refractivity contribution in [2.75, 3.05) is 30.4 Å². The van der Waals surface area contributed by atoms with Crippen molar-refractivity contribution in [2.45, 2.75) is 38.8 Å². The molecule has 1 heterocycles. The van der Waals surface area contributed by atoms with Gasteiger partial charge in [-0.15, -0.1) is 0 Å². The Balaban J connectivity index is 1.46. The molecule has 144 valence electrons. The van der Waals surface area contributed by atoms with Gasteiger partial charge in [0.15, 0.2) is 0 Å². The smallest absolute Gasteiger partial charge is 0.225 e. The van der Waals surface area contributed by atoms with Crippen molar-refractivity contribution in [1.29, 1.82) is 0 Å². The number of anilines is 2. The molecule has 2 N–H and O–H groups in total. The molecule has 2 aromatic carbocycles. The van der Waals surface area contributed by atoms with Gasteiger partial charge in [-0.3, -0.25) is 4.79 Å². The topological polar surface area (TPSA) is 53.6 Å². The van der Waals surface area contributed by atoms with Crippen molar-refractivity contribution in [3.8, 4) is 5.75 Å². The summed E-state index contributed by atoms with van der Waals surface area (Å²) >= 11 is 0. The molecule has 0 bridgehead atoms. The summed E-state index contributed by atoms with van der Waals surface area (Å²) in [6, 6.07) is 16.2. The van der Waals surface area contributed by atoms with Crippen LogP contribution in [0.5, 0.6) is 5.75 Å². The highest BCUT2D eigenvalue weighted by Crippen LogP contribution is 2.23. The van der Waals surface area contributed by atoms with Crippen molar-refractivity contribution < 1.29 is 9.53 Å². The molecule has 1 aliphatic rings. The molecule has 2 aromatic rings. The van der Waals surface area contributed by atoms with E-state index in [1.165, 1.54) is 24.1 Å². The van der Waals surface area contributed by atoms with Crippen LogP contribution in [-0.4, -0.2) is 32.1 Å². The third-order valence-electron chi connectivity index (χ3n) is 4.91. The van der Waals surface area contributed by atoms with E-state index >= 15 is 0 Å². The second-order valence-corrected chi connectivity index (χ2v) is 7.13. The number of benzene rings is 2. The van der Waals surface area contributed by atoms with Crippen LogP contribution in [0.2, 0.25) is 0 Å². The number of ether oxygens (including phenoxy) is 1. The van der Waals surface area contributed by atoms with Crippen LogP contribution >= 0.6 is 0 Å². The lowest BCUT2D eigenvalue weighted by Crippen LogP contribution is -2.30. The summed E-state index contributed by atoms with van der Waals surface area (Å²) in [5, 5.41) is 6.43. The molecule has 1 unspecified atom stereocenters. The van der Waals surface area contributed by atoms with Crippen molar-refractivity contribution >= 4 is 17.3 Å². The number of nitrogens with zero attached hydrogens (tertiary/aromatic N) is 1. The van der Waals surface area contributed by atoms with Crippen LogP contribution in [0, 0.1) is 0 Å². The molecule has 27 heavy (non-hydrogen) atoms. The van der Waals surface area contributed by atoms with E-state index in [1.807, 2.05) is 43.3 Å². The van der Waals surface area contributed by atoms with Gasteiger partial charge in [0.05, 0.1) is 7.11 Å². The molecular weight excluding hydrogens is 338 g/mol. The van der Waals surface area contributed by atoms with E-state index in [1.54, 1.807) is 7.11 Å². The zero-order valence-corrected chi connectivity index (χ0v) is 16.2. The highest BCUT2D eigenvalue weighted by molar-refractivity contribution is 5.91. The molecule has 1 atom stereocenters. The number of methoxy groups -OCH3 is 1. The Morgan fingerprint density at radius 1 is 1.15 bits per heavy atom. The fourth-order valence-corrected chi connectivity index (χ4v) is 3.35. The third-order valence-corrected chi connectivity index (χ3v) is 4.91. The monoisotopic (exact) mass is 367 g/mol. The maximum atomic E-state index is 12.4. The maximum Gasteiger partial charge on any atom is 0.225 e. The minimum absolute atomic E-state index is 0.0308. The van der Waals surface area contributed by atoms with Gasteiger partial charge in [0, 0.05) is 43.5 Å². The molecule has 0 spiro atoms. The van der Waals surface area contributed by atoms with E-state index in [9.17, 15) is 4.79 Å². The molecular formula is C22H29N3O2. The number of hydrogen-bond donors (Lipinski definition) is 2. The van der Waals surface area contributed by atoms with Crippen LogP contribution in [0.4, 0.5) is 11.4 Å². The third kappa shape index (κ3) is 5.73. The molecule has 5 nitrogen and oxygen atoms in total. The SMILES string of the molecule is COc1ccc(CNC(C)CC(=O)Nc2cccc(N3CCCC3)c2)cc1. The van der Waals surface area contributed by atoms with E-state index in [0.29, 0.717) is 6.42 Å². The predicted molar refractivity (Wildman–Crippen MR) is 110 cm³/mol. The Kier molecular flexibility index (Phi) is 6.71. The molecule has 0 aliphatic carbocycles. The summed E-state index contributed by atoms with van der Waals surface area (Å²) in [6.45, 7) is 4.96. The Hall–Kier alpha value is -2.53. The first kappa shape index (κ1) is 19.2. The second-order valence-electron chi connectivity index (χ2n) is 7.13. The maximum absolute atomic E-state index is 12.4. The van der Waals surface area contributed by atoms with Crippen LogP contribution in [0.15, 0.2) is 48.5 Å². The van der Waals surface area contributed by atoms with Gasteiger partial charge in [-0.25, -0.2) is 0 Å². The zero-order valence-electron chi connectivity index (χ0n) is 16.2. The van der Waals surface area contributed by atoms with Crippen molar-refractivity contribution in [1.82, 2.24) is 5.32 Å². The normalized spacial score (nSPS) is 14.8. The quantitative estimate of drug-likeness (QED) is 0.745. The minimum atomic E-state index is 0.0308. The molecule has 1 fully saturated rings. The summed E-state index contributed by atoms with van der Waals surface area (Å²) in [4.78, 5) is 14.7. The average molecular weight is 367 g/mol. The van der Waals surface area contributed by atoms with Gasteiger partial charge in [0.25, 0.3) is 0 Å². The fraction of sp³-hybridized carbons (Fsp3) is 0.409. The summed E-state index contributed by atoms with van der Waals surface area (Å²) < 4.78 is 5.17. The zero-order chi connectivity index (χ0) is 19.1. The molecule has 1 amide bonds. The number of nitrogens with one attached hydrogen (secondary N) is 2. The van der Waals surface area contributed by atoms with Gasteiger partial charge in [0.2, 0.25) is 5.91 Å². The molecule has 0 aromatic heterocycles. The summed E-state index contributed by atoms with van der Waals surface area (Å²) in [7, 11) is 1.66. The molecule has 3 rings (SSSR count). The van der Waals surface area contributed by atoms with E-state index < -0.39 is 0 Å². The fourth-order valence-electron chi connectivity index (χ4n) is 3.35. The van der Waals surface area contributed by atoms with Gasteiger partial charge >= 0.3 is 0 Å². The van der Waals surface area contributed by atoms with Crippen molar-refractivity contribution in [2.24, 2.45) is 0 Å². The van der Waals surface area contributed by atoms with Crippen molar-refractivity contribution in [3.63, 3.8) is 0 Å². The van der Waals surface area contributed by atoms with Crippen LogP contribution in [0.1, 0.15) is 31.7 Å². The minimum Gasteiger partial charge on any atom is -0.497 e. The van der Waals surface area contributed by atoms with Gasteiger partial charge in [-0.1, -0.05) is 18.2 Å². The van der Waals surface area contributed by atoms with E-state index in [-0.39, 0.29) is 11.9 Å². The summed E-state index contributed by atoms with van der Waals surface area (Å²) in [5.74, 6) is 0.880. The highest BCUT2D eigenvalue weighted by Gasteiger charge is 2.13. The Morgan fingerprint density at radius 3 is 2.59 bits per heavy atom. The number of carbonyl (C=O) groups excluding carboxylic acids is 1. The lowest BCUT2D eigenvalue weighted by atomic mass is 10.1. The predicted octanol–water partition coefficient (Wildman–Crippen LogP) is 3.80. The van der Waals surface area contributed by atoms with Crippen LogP contribution in [0.25, 0.3) is 0 Å². The number of amides is 1. The molecule has 1 aliphatic heterocycles. The van der Waals surface area contributed by atoms with Gasteiger partial charge in [0.1, 0.15) is 5.75 Å². The summed E-state index contributed by atoms with van der Waals surface area (Å²) in [5.41, 5.74) is 3.23. The van der Waals surface area contributed by atoms with Gasteiger partial charge < -0.3 is 20.3 Å². The van der Waals surface area contributed by atoms with Crippen molar-refractivity contribution in [3.05, 3.63) is 54.1 Å². The first-order chi connectivity index (χ1) is 13.1. The van der Waals surface area contributed by atoms with Gasteiger partial charge in [-0.2, -0.15) is 0 Å². The molecule has 0 saturated carbocycles. The van der Waals surface area contributed by atoms with Gasteiger partial charge in [-0.05, 0) is 55.7 Å². The van der Waals surface area contributed by atoms with Crippen LogP contribution in [-0.2, 0) is 11.3 Å².